The summed E-state index contributed by atoms with van der Waals surface area (Å²) >= 11 is 0. The Morgan fingerprint density at radius 1 is 1.53 bits per heavy atom. The molecule has 82 valence electrons. The fourth-order valence-corrected chi connectivity index (χ4v) is 2.09. The van der Waals surface area contributed by atoms with Gasteiger partial charge in [-0.05, 0) is 18.8 Å². The summed E-state index contributed by atoms with van der Waals surface area (Å²) in [6.07, 6.45) is 7.86. The topological polar surface area (TPSA) is 29.1 Å². The van der Waals surface area contributed by atoms with Crippen LogP contribution in [0.4, 0.5) is 4.79 Å². The summed E-state index contributed by atoms with van der Waals surface area (Å²) in [5, 5.41) is 0. The monoisotopic (exact) mass is 208 g/mol. The van der Waals surface area contributed by atoms with Crippen molar-refractivity contribution in [2.45, 2.75) is 19.8 Å². The van der Waals surface area contributed by atoms with Crippen molar-refractivity contribution in [3.63, 3.8) is 0 Å². The molecule has 2 rings (SSSR count). The molecule has 0 aromatic carbocycles. The summed E-state index contributed by atoms with van der Waals surface area (Å²) in [5.74, 6) is 0.631. The number of hydrogen-bond acceptors (Lipinski definition) is 1. The van der Waals surface area contributed by atoms with Crippen molar-refractivity contribution in [2.75, 3.05) is 13.1 Å². The number of amides is 1. The Morgan fingerprint density at radius 3 is 2.93 bits per heavy atom. The van der Waals surface area contributed by atoms with Gasteiger partial charge in [0.15, 0.2) is 0 Å². The highest BCUT2D eigenvalue weighted by Gasteiger charge is 2.25. The molecule has 1 aromatic rings. The van der Waals surface area contributed by atoms with Gasteiger partial charge in [-0.15, -0.1) is 0 Å². The van der Waals surface area contributed by atoms with Gasteiger partial charge >= 0.3 is 6.03 Å². The zero-order chi connectivity index (χ0) is 10.8. The Morgan fingerprint density at radius 2 is 2.33 bits per heavy atom. The minimum absolute atomic E-state index is 0.0992. The van der Waals surface area contributed by atoms with Crippen LogP contribution in [0.1, 0.15) is 19.8 Å². The van der Waals surface area contributed by atoms with Crippen LogP contribution in [0.3, 0.4) is 0 Å². The molecule has 1 amide bonds. The summed E-state index contributed by atoms with van der Waals surface area (Å²) in [4.78, 5) is 14.0. The van der Waals surface area contributed by atoms with E-state index in [9.17, 15) is 4.79 Å². The maximum atomic E-state index is 12.0. The molecule has 1 fully saturated rings. The van der Waals surface area contributed by atoms with E-state index in [0.29, 0.717) is 5.92 Å². The van der Waals surface area contributed by atoms with Gasteiger partial charge in [-0.2, -0.15) is 4.57 Å². The van der Waals surface area contributed by atoms with Crippen LogP contribution in [0.5, 0.6) is 0 Å². The lowest BCUT2D eigenvalue weighted by molar-refractivity contribution is -0.670. The highest BCUT2D eigenvalue weighted by Crippen LogP contribution is 2.15. The molecular formula is C11H18N3O+. The maximum Gasteiger partial charge on any atom is 0.415 e. The molecule has 4 nitrogen and oxygen atoms in total. The molecule has 2 heterocycles. The molecule has 1 saturated heterocycles. The summed E-state index contributed by atoms with van der Waals surface area (Å²) in [7, 11) is 1.92. The third kappa shape index (κ3) is 2.19. The van der Waals surface area contributed by atoms with Crippen LogP contribution in [-0.4, -0.2) is 28.6 Å². The van der Waals surface area contributed by atoms with Crippen LogP contribution >= 0.6 is 0 Å². The first-order valence-electron chi connectivity index (χ1n) is 5.49. The minimum atomic E-state index is 0.0992. The molecule has 1 aliphatic heterocycles. The van der Waals surface area contributed by atoms with Crippen molar-refractivity contribution >= 4 is 6.03 Å². The zero-order valence-electron chi connectivity index (χ0n) is 9.39. The molecule has 1 atom stereocenters. The van der Waals surface area contributed by atoms with Crippen molar-refractivity contribution in [3.05, 3.63) is 18.7 Å². The van der Waals surface area contributed by atoms with E-state index in [-0.39, 0.29) is 6.03 Å². The highest BCUT2D eigenvalue weighted by molar-refractivity contribution is 5.76. The van der Waals surface area contributed by atoms with Gasteiger partial charge in [-0.25, -0.2) is 9.36 Å². The van der Waals surface area contributed by atoms with Gasteiger partial charge in [-0.1, -0.05) is 6.92 Å². The Labute approximate surface area is 90.1 Å². The molecule has 0 unspecified atom stereocenters. The van der Waals surface area contributed by atoms with E-state index in [0.717, 1.165) is 19.5 Å². The predicted octanol–water partition coefficient (Wildman–Crippen LogP) is 1.01. The number of carbonyl (C=O) groups is 1. The molecule has 4 heteroatoms. The van der Waals surface area contributed by atoms with Crippen molar-refractivity contribution in [1.29, 1.82) is 0 Å². The number of nitrogens with zero attached hydrogens (tertiary/aromatic N) is 3. The van der Waals surface area contributed by atoms with Crippen LogP contribution < -0.4 is 4.57 Å². The number of likely N-dealkylation sites (tertiary alicyclic amines) is 1. The number of carbonyl (C=O) groups excluding carboxylic acids is 1. The van der Waals surface area contributed by atoms with E-state index in [1.807, 2.05) is 35.2 Å². The zero-order valence-corrected chi connectivity index (χ0v) is 9.39. The predicted molar refractivity (Wildman–Crippen MR) is 56.4 cm³/mol. The number of imidazole rings is 1. The Bertz CT molecular complexity index is 358. The second-order valence-electron chi connectivity index (χ2n) is 4.46. The number of rotatable bonds is 0. The summed E-state index contributed by atoms with van der Waals surface area (Å²) < 4.78 is 3.53. The molecule has 0 N–H and O–H groups in total. The lowest BCUT2D eigenvalue weighted by Gasteiger charge is -2.28. The molecule has 0 spiro atoms. The smallest absolute Gasteiger partial charge is 0.304 e. The average Bonchev–Trinajstić information content (AvgIpc) is 2.64. The molecule has 0 bridgehead atoms. The standard InChI is InChI=1S/C11H18N3O/c1-10-4-3-5-13(8-10)11(15)14-7-6-12(2)9-14/h6-7,9-10H,3-5,8H2,1-2H3/q+1/t10-/m1/s1. The van der Waals surface area contributed by atoms with Gasteiger partial charge < -0.3 is 4.90 Å². The molecule has 0 aliphatic carbocycles. The lowest BCUT2D eigenvalue weighted by Crippen LogP contribution is -2.41. The van der Waals surface area contributed by atoms with Gasteiger partial charge in [0.05, 0.1) is 7.05 Å². The Hall–Kier alpha value is -1.32. The first kappa shape index (κ1) is 10.2. The number of aryl methyl sites for hydroxylation is 1. The van der Waals surface area contributed by atoms with Gasteiger partial charge in [0.1, 0.15) is 12.4 Å². The summed E-state index contributed by atoms with van der Waals surface area (Å²) in [5.41, 5.74) is 0. The van der Waals surface area contributed by atoms with Crippen LogP contribution in [0, 0.1) is 5.92 Å². The van der Waals surface area contributed by atoms with Crippen LogP contribution in [0.2, 0.25) is 0 Å². The van der Waals surface area contributed by atoms with Gasteiger partial charge in [0.25, 0.3) is 6.33 Å². The molecule has 0 saturated carbocycles. The van der Waals surface area contributed by atoms with Crippen LogP contribution in [-0.2, 0) is 7.05 Å². The minimum Gasteiger partial charge on any atom is -0.304 e. The fourth-order valence-electron chi connectivity index (χ4n) is 2.09. The van der Waals surface area contributed by atoms with Crippen molar-refractivity contribution in [3.8, 4) is 0 Å². The quantitative estimate of drug-likeness (QED) is 0.585. The van der Waals surface area contributed by atoms with Gasteiger partial charge in [-0.3, -0.25) is 0 Å². The third-order valence-electron chi connectivity index (χ3n) is 2.92. The first-order valence-corrected chi connectivity index (χ1v) is 5.49. The molecular weight excluding hydrogens is 190 g/mol. The highest BCUT2D eigenvalue weighted by atomic mass is 16.2. The second-order valence-corrected chi connectivity index (χ2v) is 4.46. The van der Waals surface area contributed by atoms with Crippen LogP contribution in [0.15, 0.2) is 18.7 Å². The summed E-state index contributed by atoms with van der Waals surface area (Å²) in [6, 6.07) is 0.0992. The Balaban J connectivity index is 2.07. The third-order valence-corrected chi connectivity index (χ3v) is 2.92. The van der Waals surface area contributed by atoms with E-state index in [2.05, 4.69) is 6.92 Å². The van der Waals surface area contributed by atoms with Crippen molar-refractivity contribution < 1.29 is 9.36 Å². The normalized spacial score (nSPS) is 21.7. The van der Waals surface area contributed by atoms with Crippen LogP contribution in [0.25, 0.3) is 0 Å². The summed E-state index contributed by atoms with van der Waals surface area (Å²) in [6.45, 7) is 3.99. The van der Waals surface area contributed by atoms with E-state index in [1.165, 1.54) is 6.42 Å². The van der Waals surface area contributed by atoms with E-state index in [1.54, 1.807) is 4.57 Å². The number of piperidine rings is 1. The molecule has 15 heavy (non-hydrogen) atoms. The largest absolute Gasteiger partial charge is 0.415 e. The number of hydrogen-bond donors (Lipinski definition) is 0. The molecule has 1 aromatic heterocycles. The number of aromatic nitrogens is 2. The molecule has 0 radical (unpaired) electrons. The van der Waals surface area contributed by atoms with Crippen molar-refractivity contribution in [1.82, 2.24) is 9.47 Å². The van der Waals surface area contributed by atoms with E-state index in [4.69, 9.17) is 0 Å². The average molecular weight is 208 g/mol. The van der Waals surface area contributed by atoms with Gasteiger partial charge in [0.2, 0.25) is 0 Å². The fraction of sp³-hybridized carbons (Fsp3) is 0.636. The Kier molecular flexibility index (Phi) is 2.75. The first-order chi connectivity index (χ1) is 7.16. The van der Waals surface area contributed by atoms with Crippen molar-refractivity contribution in [2.24, 2.45) is 13.0 Å². The second kappa shape index (κ2) is 4.04. The van der Waals surface area contributed by atoms with E-state index >= 15 is 0 Å². The SMILES string of the molecule is C[C@@H]1CCCN(C(=O)n2cc[n+](C)c2)C1. The lowest BCUT2D eigenvalue weighted by atomic mass is 10.0. The maximum absolute atomic E-state index is 12.0. The molecule has 1 aliphatic rings. The van der Waals surface area contributed by atoms with E-state index < -0.39 is 0 Å². The van der Waals surface area contributed by atoms with Gasteiger partial charge in [0, 0.05) is 13.1 Å².